The molecule has 0 spiro atoms. The maximum atomic E-state index is 6.28. The summed E-state index contributed by atoms with van der Waals surface area (Å²) in [5, 5.41) is 0. The van der Waals surface area contributed by atoms with E-state index >= 15 is 0 Å². The van der Waals surface area contributed by atoms with Crippen LogP contribution in [-0.2, 0) is 4.74 Å². The first-order chi connectivity index (χ1) is 8.29. The first kappa shape index (κ1) is 13.4. The molecule has 4 unspecified atom stereocenters. The van der Waals surface area contributed by atoms with E-state index in [9.17, 15) is 0 Å². The summed E-state index contributed by atoms with van der Waals surface area (Å²) in [7, 11) is 0. The Morgan fingerprint density at radius 1 is 1.12 bits per heavy atom. The molecule has 2 N–H and O–H groups in total. The average Bonchev–Trinajstić information content (AvgIpc) is 2.83. The summed E-state index contributed by atoms with van der Waals surface area (Å²) >= 11 is 0. The SMILES string of the molecule is CCCC1CCC(N)C(CCC2CCCO2)C1. The van der Waals surface area contributed by atoms with Gasteiger partial charge >= 0.3 is 0 Å². The van der Waals surface area contributed by atoms with E-state index in [0.717, 1.165) is 18.4 Å². The molecule has 0 amide bonds. The van der Waals surface area contributed by atoms with E-state index in [1.165, 1.54) is 57.8 Å². The molecule has 1 aliphatic carbocycles. The molecule has 0 bridgehead atoms. The van der Waals surface area contributed by atoms with Crippen LogP contribution in [0.3, 0.4) is 0 Å². The van der Waals surface area contributed by atoms with E-state index in [1.807, 2.05) is 0 Å². The van der Waals surface area contributed by atoms with Gasteiger partial charge in [0, 0.05) is 12.6 Å². The second kappa shape index (κ2) is 6.75. The zero-order valence-corrected chi connectivity index (χ0v) is 11.4. The number of rotatable bonds is 5. The topological polar surface area (TPSA) is 35.2 Å². The molecule has 2 heteroatoms. The van der Waals surface area contributed by atoms with Crippen molar-refractivity contribution in [3.05, 3.63) is 0 Å². The molecule has 0 aromatic rings. The van der Waals surface area contributed by atoms with Gasteiger partial charge in [0.1, 0.15) is 0 Å². The molecule has 100 valence electrons. The molecule has 2 fully saturated rings. The van der Waals surface area contributed by atoms with Gasteiger partial charge in [-0.25, -0.2) is 0 Å². The molecule has 2 rings (SSSR count). The maximum absolute atomic E-state index is 6.28. The number of nitrogens with two attached hydrogens (primary N) is 1. The monoisotopic (exact) mass is 239 g/mol. The summed E-state index contributed by atoms with van der Waals surface area (Å²) in [6, 6.07) is 0.463. The van der Waals surface area contributed by atoms with Crippen LogP contribution in [0.25, 0.3) is 0 Å². The predicted octanol–water partition coefficient (Wildman–Crippen LogP) is 3.49. The van der Waals surface area contributed by atoms with Gasteiger partial charge in [-0.15, -0.1) is 0 Å². The zero-order valence-electron chi connectivity index (χ0n) is 11.4. The highest BCUT2D eigenvalue weighted by molar-refractivity contribution is 4.83. The van der Waals surface area contributed by atoms with E-state index < -0.39 is 0 Å². The molecule has 1 aliphatic heterocycles. The molecule has 0 aromatic carbocycles. The number of hydrogen-bond acceptors (Lipinski definition) is 2. The fraction of sp³-hybridized carbons (Fsp3) is 1.00. The van der Waals surface area contributed by atoms with Crippen molar-refractivity contribution >= 4 is 0 Å². The summed E-state index contributed by atoms with van der Waals surface area (Å²) in [6.45, 7) is 3.29. The van der Waals surface area contributed by atoms with E-state index in [1.54, 1.807) is 0 Å². The molecule has 0 radical (unpaired) electrons. The number of ether oxygens (including phenoxy) is 1. The summed E-state index contributed by atoms with van der Waals surface area (Å²) in [5.74, 6) is 1.72. The molecule has 1 saturated carbocycles. The van der Waals surface area contributed by atoms with Crippen molar-refractivity contribution in [2.45, 2.75) is 76.9 Å². The van der Waals surface area contributed by atoms with Crippen LogP contribution in [0.15, 0.2) is 0 Å². The van der Waals surface area contributed by atoms with Crippen molar-refractivity contribution in [1.82, 2.24) is 0 Å². The molecule has 17 heavy (non-hydrogen) atoms. The lowest BCUT2D eigenvalue weighted by Crippen LogP contribution is -2.36. The Morgan fingerprint density at radius 3 is 2.71 bits per heavy atom. The van der Waals surface area contributed by atoms with E-state index in [4.69, 9.17) is 10.5 Å². The average molecular weight is 239 g/mol. The van der Waals surface area contributed by atoms with Crippen molar-refractivity contribution in [3.8, 4) is 0 Å². The summed E-state index contributed by atoms with van der Waals surface area (Å²) in [5.41, 5.74) is 6.28. The van der Waals surface area contributed by atoms with Gasteiger partial charge in [0.25, 0.3) is 0 Å². The van der Waals surface area contributed by atoms with Crippen molar-refractivity contribution in [1.29, 1.82) is 0 Å². The fourth-order valence-corrected chi connectivity index (χ4v) is 3.66. The molecule has 2 nitrogen and oxygen atoms in total. The van der Waals surface area contributed by atoms with Gasteiger partial charge in [0.05, 0.1) is 6.10 Å². The Balaban J connectivity index is 1.72. The minimum absolute atomic E-state index is 0.463. The Labute approximate surface area is 106 Å². The highest BCUT2D eigenvalue weighted by atomic mass is 16.5. The molecule has 4 atom stereocenters. The van der Waals surface area contributed by atoms with Crippen molar-refractivity contribution in [2.75, 3.05) is 6.61 Å². The smallest absolute Gasteiger partial charge is 0.0576 e. The van der Waals surface area contributed by atoms with Crippen molar-refractivity contribution in [2.24, 2.45) is 17.6 Å². The number of hydrogen-bond donors (Lipinski definition) is 1. The van der Waals surface area contributed by atoms with Crippen LogP contribution in [0.1, 0.15) is 64.7 Å². The third kappa shape index (κ3) is 3.96. The van der Waals surface area contributed by atoms with Gasteiger partial charge < -0.3 is 10.5 Å². The van der Waals surface area contributed by atoms with E-state index in [-0.39, 0.29) is 0 Å². The summed E-state index contributed by atoms with van der Waals surface area (Å²) in [6.07, 6.45) is 12.4. The first-order valence-corrected chi connectivity index (χ1v) is 7.66. The van der Waals surface area contributed by atoms with Crippen LogP contribution in [0, 0.1) is 11.8 Å². The van der Waals surface area contributed by atoms with Gasteiger partial charge in [-0.05, 0) is 56.8 Å². The first-order valence-electron chi connectivity index (χ1n) is 7.66. The molecule has 2 aliphatic rings. The lowest BCUT2D eigenvalue weighted by Gasteiger charge is -2.34. The van der Waals surface area contributed by atoms with Crippen LogP contribution in [0.5, 0.6) is 0 Å². The maximum Gasteiger partial charge on any atom is 0.0576 e. The van der Waals surface area contributed by atoms with Crippen LogP contribution in [0.4, 0.5) is 0 Å². The van der Waals surface area contributed by atoms with Crippen LogP contribution < -0.4 is 5.73 Å². The van der Waals surface area contributed by atoms with Gasteiger partial charge in [-0.3, -0.25) is 0 Å². The minimum atomic E-state index is 0.463. The highest BCUT2D eigenvalue weighted by Gasteiger charge is 2.28. The van der Waals surface area contributed by atoms with Crippen LogP contribution in [0.2, 0.25) is 0 Å². The zero-order chi connectivity index (χ0) is 12.1. The standard InChI is InChI=1S/C15H29NO/c1-2-4-12-6-9-15(16)13(11-12)7-8-14-5-3-10-17-14/h12-15H,2-11,16H2,1H3. The minimum Gasteiger partial charge on any atom is -0.378 e. The lowest BCUT2D eigenvalue weighted by molar-refractivity contribution is 0.0909. The van der Waals surface area contributed by atoms with Gasteiger partial charge in [0.2, 0.25) is 0 Å². The van der Waals surface area contributed by atoms with Crippen LogP contribution in [-0.4, -0.2) is 18.8 Å². The second-order valence-electron chi connectivity index (χ2n) is 6.10. The molecular weight excluding hydrogens is 210 g/mol. The van der Waals surface area contributed by atoms with Crippen LogP contribution >= 0.6 is 0 Å². The Hall–Kier alpha value is -0.0800. The van der Waals surface area contributed by atoms with Gasteiger partial charge in [-0.1, -0.05) is 19.8 Å². The Kier molecular flexibility index (Phi) is 5.30. The molecule has 0 aromatic heterocycles. The fourth-order valence-electron chi connectivity index (χ4n) is 3.66. The van der Waals surface area contributed by atoms with E-state index in [0.29, 0.717) is 12.1 Å². The summed E-state index contributed by atoms with van der Waals surface area (Å²) in [4.78, 5) is 0. The predicted molar refractivity (Wildman–Crippen MR) is 71.9 cm³/mol. The highest BCUT2D eigenvalue weighted by Crippen LogP contribution is 2.34. The largest absolute Gasteiger partial charge is 0.378 e. The van der Waals surface area contributed by atoms with Gasteiger partial charge in [-0.2, -0.15) is 0 Å². The quantitative estimate of drug-likeness (QED) is 0.797. The molecule has 1 saturated heterocycles. The lowest BCUT2D eigenvalue weighted by atomic mass is 9.74. The van der Waals surface area contributed by atoms with E-state index in [2.05, 4.69) is 6.92 Å². The van der Waals surface area contributed by atoms with Crippen molar-refractivity contribution in [3.63, 3.8) is 0 Å². The van der Waals surface area contributed by atoms with Crippen molar-refractivity contribution < 1.29 is 4.74 Å². The normalized spacial score (nSPS) is 38.5. The summed E-state index contributed by atoms with van der Waals surface area (Å²) < 4.78 is 5.71. The van der Waals surface area contributed by atoms with Gasteiger partial charge in [0.15, 0.2) is 0 Å². The molecular formula is C15H29NO. The molecule has 1 heterocycles. The Morgan fingerprint density at radius 2 is 2.00 bits per heavy atom. The Bertz CT molecular complexity index is 213. The third-order valence-corrected chi connectivity index (χ3v) is 4.73. The second-order valence-corrected chi connectivity index (χ2v) is 6.10. The third-order valence-electron chi connectivity index (χ3n) is 4.73.